The number of carboxylic acids is 1. The highest BCUT2D eigenvalue weighted by Gasteiger charge is 2.41. The number of carbonyl (C=O) groups is 1. The highest BCUT2D eigenvalue weighted by atomic mass is 19.2. The van der Waals surface area contributed by atoms with Crippen LogP contribution in [-0.4, -0.2) is 11.1 Å². The quantitative estimate of drug-likeness (QED) is 0.905. The molecule has 4 heteroatoms. The Morgan fingerprint density at radius 3 is 2.58 bits per heavy atom. The van der Waals surface area contributed by atoms with Crippen LogP contribution >= 0.6 is 0 Å². The molecule has 1 saturated carbocycles. The van der Waals surface area contributed by atoms with Gasteiger partial charge >= 0.3 is 5.97 Å². The first-order valence-electron chi connectivity index (χ1n) is 6.61. The highest BCUT2D eigenvalue weighted by molar-refractivity contribution is 5.75. The van der Waals surface area contributed by atoms with Crippen molar-refractivity contribution in [2.75, 3.05) is 0 Å². The Bertz CT molecular complexity index is 477. The van der Waals surface area contributed by atoms with E-state index in [1.807, 2.05) is 0 Å². The molecule has 2 nitrogen and oxygen atoms in total. The van der Waals surface area contributed by atoms with Gasteiger partial charge in [0.25, 0.3) is 0 Å². The van der Waals surface area contributed by atoms with Gasteiger partial charge in [0.15, 0.2) is 11.6 Å². The summed E-state index contributed by atoms with van der Waals surface area (Å²) < 4.78 is 26.9. The number of benzene rings is 1. The van der Waals surface area contributed by atoms with Crippen molar-refractivity contribution < 1.29 is 18.7 Å². The van der Waals surface area contributed by atoms with Gasteiger partial charge in [-0.25, -0.2) is 8.78 Å². The topological polar surface area (TPSA) is 37.3 Å². The fraction of sp³-hybridized carbons (Fsp3) is 0.533. The summed E-state index contributed by atoms with van der Waals surface area (Å²) in [6, 6.07) is 3.95. The molecule has 0 radical (unpaired) electrons. The first-order chi connectivity index (χ1) is 8.94. The van der Waals surface area contributed by atoms with E-state index in [1.54, 1.807) is 0 Å². The molecular weight excluding hydrogens is 250 g/mol. The summed E-state index contributed by atoms with van der Waals surface area (Å²) in [4.78, 5) is 11.6. The van der Waals surface area contributed by atoms with Crippen LogP contribution in [0.3, 0.4) is 0 Å². The summed E-state index contributed by atoms with van der Waals surface area (Å²) in [6.07, 6.45) is 2.77. The molecule has 0 bridgehead atoms. The number of carboxylic acid groups (broad SMARTS) is 1. The Balaban J connectivity index is 2.27. The van der Waals surface area contributed by atoms with E-state index in [2.05, 4.69) is 6.92 Å². The molecule has 1 aromatic rings. The Kier molecular flexibility index (Phi) is 3.88. The van der Waals surface area contributed by atoms with Crippen molar-refractivity contribution in [2.24, 2.45) is 11.3 Å². The lowest BCUT2D eigenvalue weighted by Gasteiger charge is -2.36. The first kappa shape index (κ1) is 14.0. The van der Waals surface area contributed by atoms with E-state index in [9.17, 15) is 18.7 Å². The average molecular weight is 268 g/mol. The lowest BCUT2D eigenvalue weighted by Crippen LogP contribution is -2.37. The molecule has 1 aliphatic carbocycles. The minimum atomic E-state index is -0.943. The summed E-state index contributed by atoms with van der Waals surface area (Å²) in [7, 11) is 0. The van der Waals surface area contributed by atoms with Crippen molar-refractivity contribution in [3.05, 3.63) is 35.4 Å². The van der Waals surface area contributed by atoms with Gasteiger partial charge in [-0.15, -0.1) is 0 Å². The van der Waals surface area contributed by atoms with Crippen LogP contribution in [0.1, 0.15) is 38.2 Å². The number of aliphatic carboxylic acids is 1. The maximum absolute atomic E-state index is 13.7. The molecule has 104 valence electrons. The third kappa shape index (κ3) is 2.77. The van der Waals surface area contributed by atoms with Crippen molar-refractivity contribution >= 4 is 5.97 Å². The minimum absolute atomic E-state index is 0.0681. The predicted octanol–water partition coefficient (Wildman–Crippen LogP) is 3.79. The second-order valence-corrected chi connectivity index (χ2v) is 5.66. The fourth-order valence-electron chi connectivity index (χ4n) is 2.83. The van der Waals surface area contributed by atoms with E-state index >= 15 is 0 Å². The Morgan fingerprint density at radius 2 is 2.00 bits per heavy atom. The summed E-state index contributed by atoms with van der Waals surface area (Å²) in [5, 5.41) is 9.48. The third-order valence-corrected chi connectivity index (χ3v) is 4.25. The van der Waals surface area contributed by atoms with E-state index in [1.165, 1.54) is 12.1 Å². The van der Waals surface area contributed by atoms with Gasteiger partial charge in [0.2, 0.25) is 0 Å². The van der Waals surface area contributed by atoms with Crippen molar-refractivity contribution in [1.82, 2.24) is 0 Å². The second-order valence-electron chi connectivity index (χ2n) is 5.66. The molecule has 0 amide bonds. The molecule has 0 heterocycles. The summed E-state index contributed by atoms with van der Waals surface area (Å²) in [5.41, 5.74) is -0.779. The Morgan fingerprint density at radius 1 is 1.37 bits per heavy atom. The smallest absolute Gasteiger partial charge is 0.309 e. The standard InChI is InChI=1S/C15H18F2O2/c1-10-5-7-15(8-6-10,14(18)19)9-11-3-2-4-12(16)13(11)17/h2-4,10H,5-9H2,1H3,(H,18,19). The van der Waals surface area contributed by atoms with Crippen LogP contribution in [0.15, 0.2) is 18.2 Å². The summed E-state index contributed by atoms with van der Waals surface area (Å²) >= 11 is 0. The van der Waals surface area contributed by atoms with E-state index in [0.717, 1.165) is 18.9 Å². The summed E-state index contributed by atoms with van der Waals surface area (Å²) in [6.45, 7) is 2.09. The van der Waals surface area contributed by atoms with Gasteiger partial charge in [0.05, 0.1) is 5.41 Å². The molecule has 2 rings (SSSR count). The van der Waals surface area contributed by atoms with Crippen molar-refractivity contribution in [3.8, 4) is 0 Å². The molecular formula is C15H18F2O2. The van der Waals surface area contributed by atoms with Crippen molar-refractivity contribution in [1.29, 1.82) is 0 Å². The zero-order valence-corrected chi connectivity index (χ0v) is 11.0. The maximum atomic E-state index is 13.7. The Hall–Kier alpha value is -1.45. The predicted molar refractivity (Wildman–Crippen MR) is 67.8 cm³/mol. The van der Waals surface area contributed by atoms with E-state index in [-0.39, 0.29) is 12.0 Å². The van der Waals surface area contributed by atoms with Gasteiger partial charge in [-0.1, -0.05) is 19.1 Å². The molecule has 1 aromatic carbocycles. The van der Waals surface area contributed by atoms with Gasteiger partial charge in [0.1, 0.15) is 0 Å². The van der Waals surface area contributed by atoms with Crippen LogP contribution in [-0.2, 0) is 11.2 Å². The number of rotatable bonds is 3. The number of hydrogen-bond acceptors (Lipinski definition) is 1. The molecule has 1 aliphatic rings. The third-order valence-electron chi connectivity index (χ3n) is 4.25. The summed E-state index contributed by atoms with van der Waals surface area (Å²) in [5.74, 6) is -2.23. The second kappa shape index (κ2) is 5.27. The highest BCUT2D eigenvalue weighted by Crippen LogP contribution is 2.42. The fourth-order valence-corrected chi connectivity index (χ4v) is 2.83. The van der Waals surface area contributed by atoms with Crippen LogP contribution in [0.5, 0.6) is 0 Å². The zero-order chi connectivity index (χ0) is 14.0. The maximum Gasteiger partial charge on any atom is 0.309 e. The van der Waals surface area contributed by atoms with Gasteiger partial charge in [0, 0.05) is 0 Å². The van der Waals surface area contributed by atoms with Gasteiger partial charge in [-0.2, -0.15) is 0 Å². The average Bonchev–Trinajstić information content (AvgIpc) is 2.37. The van der Waals surface area contributed by atoms with Gasteiger partial charge in [-0.05, 0) is 49.7 Å². The molecule has 1 fully saturated rings. The van der Waals surface area contributed by atoms with E-state index in [0.29, 0.717) is 18.8 Å². The van der Waals surface area contributed by atoms with E-state index in [4.69, 9.17) is 0 Å². The largest absolute Gasteiger partial charge is 0.481 e. The lowest BCUT2D eigenvalue weighted by atomic mass is 9.68. The number of hydrogen-bond donors (Lipinski definition) is 1. The van der Waals surface area contributed by atoms with Crippen LogP contribution < -0.4 is 0 Å². The molecule has 0 aliphatic heterocycles. The molecule has 1 N–H and O–H groups in total. The normalized spacial score (nSPS) is 27.2. The molecule has 0 aromatic heterocycles. The van der Waals surface area contributed by atoms with Crippen molar-refractivity contribution in [2.45, 2.75) is 39.0 Å². The molecule has 0 atom stereocenters. The minimum Gasteiger partial charge on any atom is -0.481 e. The lowest BCUT2D eigenvalue weighted by molar-refractivity contribution is -0.151. The Labute approximate surface area is 111 Å². The first-order valence-corrected chi connectivity index (χ1v) is 6.61. The van der Waals surface area contributed by atoms with Crippen LogP contribution in [0.4, 0.5) is 8.78 Å². The van der Waals surface area contributed by atoms with Gasteiger partial charge < -0.3 is 5.11 Å². The number of halogens is 2. The van der Waals surface area contributed by atoms with Crippen LogP contribution in [0.25, 0.3) is 0 Å². The molecule has 19 heavy (non-hydrogen) atoms. The van der Waals surface area contributed by atoms with E-state index < -0.39 is 23.0 Å². The van der Waals surface area contributed by atoms with Crippen LogP contribution in [0.2, 0.25) is 0 Å². The zero-order valence-electron chi connectivity index (χ0n) is 11.0. The molecule has 0 unspecified atom stereocenters. The van der Waals surface area contributed by atoms with Gasteiger partial charge in [-0.3, -0.25) is 4.79 Å². The van der Waals surface area contributed by atoms with Crippen molar-refractivity contribution in [3.63, 3.8) is 0 Å². The molecule has 0 saturated heterocycles. The monoisotopic (exact) mass is 268 g/mol. The molecule has 0 spiro atoms. The van der Waals surface area contributed by atoms with Crippen LogP contribution in [0, 0.1) is 23.0 Å². The SMILES string of the molecule is CC1CCC(Cc2cccc(F)c2F)(C(=O)O)CC1.